The minimum Gasteiger partial charge on any atom is -0.469 e. The molecule has 0 aromatic heterocycles. The van der Waals surface area contributed by atoms with E-state index < -0.39 is 10.2 Å². The number of hydrogen-bond donors (Lipinski definition) is 0. The van der Waals surface area contributed by atoms with Gasteiger partial charge in [-0.25, -0.2) is 4.31 Å². The van der Waals surface area contributed by atoms with E-state index in [1.165, 1.54) is 24.9 Å². The van der Waals surface area contributed by atoms with Gasteiger partial charge < -0.3 is 4.74 Å². The van der Waals surface area contributed by atoms with Gasteiger partial charge in [0.25, 0.3) is 0 Å². The van der Waals surface area contributed by atoms with Gasteiger partial charge >= 0.3 is 10.2 Å². The normalized spacial score (nSPS) is 24.4. The molecule has 0 spiro atoms. The molecule has 0 unspecified atom stereocenters. The highest BCUT2D eigenvalue weighted by Gasteiger charge is 2.27. The van der Waals surface area contributed by atoms with Gasteiger partial charge in [0.15, 0.2) is 0 Å². The molecule has 0 bridgehead atoms. The SMILES string of the molecule is O=S1(=O)N=CC2=COC=CN21. The molecule has 0 atom stereocenters. The van der Waals surface area contributed by atoms with Crippen LogP contribution in [0, 0.1) is 0 Å². The average Bonchev–Trinajstić information content (AvgIpc) is 2.29. The predicted octanol–water partition coefficient (Wildman–Crippen LogP) is -0.0396. The number of ether oxygens (including phenoxy) is 1. The third kappa shape index (κ3) is 0.829. The second kappa shape index (κ2) is 1.85. The third-order valence-electron chi connectivity index (χ3n) is 1.28. The molecule has 0 fully saturated rings. The standard InChI is InChI=1S/C5H4N2O3S/c8-11(9)6-3-5-4-10-2-1-7(5)11/h1-4H. The molecule has 0 radical (unpaired) electrons. The molecule has 58 valence electrons. The first-order valence-electron chi connectivity index (χ1n) is 2.82. The fraction of sp³-hybridized carbons (Fsp3) is 0. The number of rotatable bonds is 0. The first kappa shape index (κ1) is 6.41. The summed E-state index contributed by atoms with van der Waals surface area (Å²) in [6, 6.07) is 0. The topological polar surface area (TPSA) is 59.0 Å². The van der Waals surface area contributed by atoms with Crippen molar-refractivity contribution in [2.45, 2.75) is 0 Å². The van der Waals surface area contributed by atoms with Crippen LogP contribution in [0.15, 0.2) is 28.8 Å². The van der Waals surface area contributed by atoms with Crippen LogP contribution in [0.1, 0.15) is 0 Å². The summed E-state index contributed by atoms with van der Waals surface area (Å²) in [6.07, 6.45) is 5.13. The minimum absolute atomic E-state index is 0.424. The van der Waals surface area contributed by atoms with Crippen LogP contribution in [0.3, 0.4) is 0 Å². The summed E-state index contributed by atoms with van der Waals surface area (Å²) in [5.74, 6) is 0. The Balaban J connectivity index is 2.54. The van der Waals surface area contributed by atoms with Crippen molar-refractivity contribution in [3.05, 3.63) is 24.4 Å². The summed E-state index contributed by atoms with van der Waals surface area (Å²) in [5, 5.41) is 0. The highest BCUT2D eigenvalue weighted by molar-refractivity contribution is 7.88. The van der Waals surface area contributed by atoms with Gasteiger partial charge in [0.1, 0.15) is 18.2 Å². The maximum absolute atomic E-state index is 11.0. The molecule has 0 amide bonds. The number of fused-ring (bicyclic) bond motifs is 1. The second-order valence-corrected chi connectivity index (χ2v) is 3.47. The highest BCUT2D eigenvalue weighted by Crippen LogP contribution is 2.20. The molecule has 0 N–H and O–H groups in total. The van der Waals surface area contributed by atoms with Crippen LogP contribution in [-0.2, 0) is 14.9 Å². The fourth-order valence-corrected chi connectivity index (χ4v) is 1.71. The van der Waals surface area contributed by atoms with Gasteiger partial charge in [0.2, 0.25) is 0 Å². The Morgan fingerprint density at radius 3 is 3.09 bits per heavy atom. The van der Waals surface area contributed by atoms with Crippen molar-refractivity contribution in [1.82, 2.24) is 4.31 Å². The van der Waals surface area contributed by atoms with E-state index in [1.54, 1.807) is 0 Å². The van der Waals surface area contributed by atoms with Crippen LogP contribution in [0.4, 0.5) is 0 Å². The molecular weight excluding hydrogens is 168 g/mol. The molecule has 5 nitrogen and oxygen atoms in total. The molecule has 2 heterocycles. The van der Waals surface area contributed by atoms with Crippen LogP contribution in [0.5, 0.6) is 0 Å². The fourth-order valence-electron chi connectivity index (χ4n) is 0.806. The van der Waals surface area contributed by atoms with Crippen LogP contribution in [0.2, 0.25) is 0 Å². The van der Waals surface area contributed by atoms with E-state index in [2.05, 4.69) is 4.40 Å². The van der Waals surface area contributed by atoms with Crippen LogP contribution >= 0.6 is 0 Å². The molecular formula is C5H4N2O3S. The van der Waals surface area contributed by atoms with Crippen LogP contribution in [-0.4, -0.2) is 18.9 Å². The molecule has 0 aromatic rings. The molecule has 0 saturated carbocycles. The molecule has 2 aliphatic heterocycles. The quantitative estimate of drug-likeness (QED) is 0.515. The smallest absolute Gasteiger partial charge is 0.348 e. The van der Waals surface area contributed by atoms with Gasteiger partial charge in [0.05, 0.1) is 12.4 Å². The first-order chi connectivity index (χ1) is 5.20. The van der Waals surface area contributed by atoms with Crippen molar-refractivity contribution < 1.29 is 13.2 Å². The van der Waals surface area contributed by atoms with Crippen LogP contribution < -0.4 is 0 Å². The van der Waals surface area contributed by atoms with Gasteiger partial charge in [-0.3, -0.25) is 0 Å². The summed E-state index contributed by atoms with van der Waals surface area (Å²) in [7, 11) is -3.48. The highest BCUT2D eigenvalue weighted by atomic mass is 32.2. The van der Waals surface area contributed by atoms with Crippen molar-refractivity contribution >= 4 is 16.4 Å². The monoisotopic (exact) mass is 172 g/mol. The van der Waals surface area contributed by atoms with E-state index in [-0.39, 0.29) is 0 Å². The lowest BCUT2D eigenvalue weighted by Gasteiger charge is -2.13. The zero-order valence-corrected chi connectivity index (χ0v) is 6.15. The average molecular weight is 172 g/mol. The van der Waals surface area contributed by atoms with Gasteiger partial charge in [-0.05, 0) is 0 Å². The Morgan fingerprint density at radius 1 is 1.55 bits per heavy atom. The largest absolute Gasteiger partial charge is 0.469 e. The van der Waals surface area contributed by atoms with Crippen molar-refractivity contribution in [2.75, 3.05) is 0 Å². The van der Waals surface area contributed by atoms with E-state index >= 15 is 0 Å². The molecule has 11 heavy (non-hydrogen) atoms. The minimum atomic E-state index is -3.48. The van der Waals surface area contributed by atoms with Gasteiger partial charge in [0, 0.05) is 0 Å². The van der Waals surface area contributed by atoms with Crippen LogP contribution in [0.25, 0.3) is 0 Å². The summed E-state index contributed by atoms with van der Waals surface area (Å²) < 4.78 is 31.0. The molecule has 0 aliphatic carbocycles. The summed E-state index contributed by atoms with van der Waals surface area (Å²) in [4.78, 5) is 0. The Kier molecular flexibility index (Phi) is 1.08. The van der Waals surface area contributed by atoms with E-state index in [9.17, 15) is 8.42 Å². The third-order valence-corrected chi connectivity index (χ3v) is 2.49. The number of nitrogens with zero attached hydrogens (tertiary/aromatic N) is 2. The van der Waals surface area contributed by atoms with E-state index in [0.717, 1.165) is 4.31 Å². The first-order valence-corrected chi connectivity index (χ1v) is 4.22. The van der Waals surface area contributed by atoms with Gasteiger partial charge in [-0.1, -0.05) is 0 Å². The lowest BCUT2D eigenvalue weighted by Crippen LogP contribution is -2.19. The Hall–Kier alpha value is -1.30. The summed E-state index contributed by atoms with van der Waals surface area (Å²) >= 11 is 0. The molecule has 0 aromatic carbocycles. The summed E-state index contributed by atoms with van der Waals surface area (Å²) in [5.41, 5.74) is 0.424. The maximum Gasteiger partial charge on any atom is 0.348 e. The molecule has 0 saturated heterocycles. The molecule has 6 heteroatoms. The maximum atomic E-state index is 11.0. The zero-order chi connectivity index (χ0) is 7.90. The van der Waals surface area contributed by atoms with E-state index in [1.807, 2.05) is 0 Å². The Morgan fingerprint density at radius 2 is 2.36 bits per heavy atom. The number of allylic oxidation sites excluding steroid dienone is 1. The zero-order valence-electron chi connectivity index (χ0n) is 5.34. The van der Waals surface area contributed by atoms with Crippen molar-refractivity contribution in [3.63, 3.8) is 0 Å². The molecule has 2 aliphatic rings. The number of hydrogen-bond acceptors (Lipinski definition) is 3. The lowest BCUT2D eigenvalue weighted by molar-refractivity contribution is 0.369. The second-order valence-electron chi connectivity index (χ2n) is 1.97. The van der Waals surface area contributed by atoms with Crippen molar-refractivity contribution in [2.24, 2.45) is 4.40 Å². The molecule has 2 rings (SSSR count). The van der Waals surface area contributed by atoms with Crippen molar-refractivity contribution in [1.29, 1.82) is 0 Å². The van der Waals surface area contributed by atoms with Crippen molar-refractivity contribution in [3.8, 4) is 0 Å². The van der Waals surface area contributed by atoms with E-state index in [0.29, 0.717) is 5.70 Å². The Bertz CT molecular complexity index is 365. The van der Waals surface area contributed by atoms with Gasteiger partial charge in [-0.15, -0.1) is 0 Å². The predicted molar refractivity (Wildman–Crippen MR) is 37.6 cm³/mol. The van der Waals surface area contributed by atoms with E-state index in [4.69, 9.17) is 4.74 Å². The summed E-state index contributed by atoms with van der Waals surface area (Å²) in [6.45, 7) is 0. The Labute approximate surface area is 63.5 Å². The van der Waals surface area contributed by atoms with Gasteiger partial charge in [-0.2, -0.15) is 12.8 Å². The lowest BCUT2D eigenvalue weighted by atomic mass is 10.5.